The van der Waals surface area contributed by atoms with Gasteiger partial charge in [0, 0.05) is 99.2 Å². The molecule has 0 N–H and O–H groups in total. The molecule has 0 fully saturated rings. The predicted molar refractivity (Wildman–Crippen MR) is 547 cm³/mol. The molecule has 26 rings (SSSR count). The molecule has 26 aromatic rings. The van der Waals surface area contributed by atoms with Crippen LogP contribution in [0.5, 0.6) is 0 Å². The molecule has 606 valence electrons. The Hall–Kier alpha value is -17.3. The number of anilines is 6. The van der Waals surface area contributed by atoms with Gasteiger partial charge in [0.05, 0.1) is 39.1 Å². The fourth-order valence-corrected chi connectivity index (χ4v) is 20.7. The number of nitrogens with zero attached hydrogens (tertiary/aromatic N) is 4. The van der Waals surface area contributed by atoms with E-state index < -0.39 is 0 Å². The molecule has 0 saturated heterocycles. The Morgan fingerprint density at radius 3 is 1.06 bits per heavy atom. The van der Waals surface area contributed by atoms with E-state index in [1.54, 1.807) is 0 Å². The van der Waals surface area contributed by atoms with Crippen molar-refractivity contribution in [2.75, 3.05) is 9.80 Å². The summed E-state index contributed by atoms with van der Waals surface area (Å²) in [6.07, 6.45) is 0. The summed E-state index contributed by atoms with van der Waals surface area (Å²) >= 11 is 0. The minimum atomic E-state index is 0.844. The maximum atomic E-state index is 7.04. The van der Waals surface area contributed by atoms with Gasteiger partial charge in [-0.3, -0.25) is 0 Å². The fraction of sp³-hybridized carbons (Fsp3) is 0. The van der Waals surface area contributed by atoms with Crippen molar-refractivity contribution in [2.45, 2.75) is 0 Å². The lowest BCUT2D eigenvalue weighted by molar-refractivity contribution is 0.669. The van der Waals surface area contributed by atoms with Gasteiger partial charge in [-0.25, -0.2) is 0 Å². The van der Waals surface area contributed by atoms with E-state index in [-0.39, 0.29) is 0 Å². The summed E-state index contributed by atoms with van der Waals surface area (Å²) in [5, 5.41) is 18.6. The monoisotopic (exact) mass is 1650 g/mol. The lowest BCUT2D eigenvalue weighted by Crippen LogP contribution is -2.10. The quantitative estimate of drug-likeness (QED) is 0.0960. The molecular weight excluding hydrogens is 1580 g/mol. The van der Waals surface area contributed by atoms with Crippen LogP contribution < -0.4 is 9.80 Å². The lowest BCUT2D eigenvalue weighted by atomic mass is 9.92. The van der Waals surface area contributed by atoms with Gasteiger partial charge in [-0.05, 0) is 227 Å². The van der Waals surface area contributed by atoms with Gasteiger partial charge in [0.1, 0.15) is 22.3 Å². The summed E-state index contributed by atoms with van der Waals surface area (Å²) in [6.45, 7) is 0. The molecular formula is C124H78N4O2. The number of benzene rings is 22. The topological polar surface area (TPSA) is 42.6 Å². The Balaban J connectivity index is 0.594. The predicted octanol–water partition coefficient (Wildman–Crippen LogP) is 34.9. The number of aromatic nitrogens is 2. The third kappa shape index (κ3) is 12.3. The first-order valence-corrected chi connectivity index (χ1v) is 44.6. The van der Waals surface area contributed by atoms with Crippen LogP contribution in [0, 0.1) is 0 Å². The van der Waals surface area contributed by atoms with Crippen molar-refractivity contribution in [3.8, 4) is 89.3 Å². The molecule has 4 heterocycles. The zero-order valence-electron chi connectivity index (χ0n) is 70.6. The summed E-state index contributed by atoms with van der Waals surface area (Å²) in [4.78, 5) is 4.85. The van der Waals surface area contributed by atoms with Crippen molar-refractivity contribution in [1.82, 2.24) is 9.13 Å². The molecule has 0 aliphatic carbocycles. The Morgan fingerprint density at radius 1 is 0.162 bits per heavy atom. The van der Waals surface area contributed by atoms with Crippen LogP contribution in [0.3, 0.4) is 0 Å². The van der Waals surface area contributed by atoms with Gasteiger partial charge in [-0.2, -0.15) is 0 Å². The summed E-state index contributed by atoms with van der Waals surface area (Å²) in [6, 6.07) is 174. The van der Waals surface area contributed by atoms with Gasteiger partial charge in [0.15, 0.2) is 0 Å². The molecule has 0 aliphatic rings. The number of fused-ring (bicyclic) bond motifs is 18. The molecule has 0 radical (unpaired) electrons. The van der Waals surface area contributed by atoms with Gasteiger partial charge in [-0.15, -0.1) is 0 Å². The van der Waals surface area contributed by atoms with E-state index in [2.05, 4.69) is 486 Å². The van der Waals surface area contributed by atoms with Crippen molar-refractivity contribution in [1.29, 1.82) is 0 Å². The molecule has 130 heavy (non-hydrogen) atoms. The average Bonchev–Trinajstić information content (AvgIpc) is 1.61. The van der Waals surface area contributed by atoms with Gasteiger partial charge in [-0.1, -0.05) is 340 Å². The van der Waals surface area contributed by atoms with Crippen molar-refractivity contribution >= 4 is 165 Å². The largest absolute Gasteiger partial charge is 0.455 e. The van der Waals surface area contributed by atoms with Crippen LogP contribution in [0.25, 0.3) is 220 Å². The summed E-state index contributed by atoms with van der Waals surface area (Å²) < 4.78 is 18.6. The van der Waals surface area contributed by atoms with Crippen LogP contribution in [0.1, 0.15) is 0 Å². The molecule has 0 spiro atoms. The van der Waals surface area contributed by atoms with Crippen LogP contribution in [0.15, 0.2) is 482 Å². The zero-order valence-corrected chi connectivity index (χ0v) is 70.6. The maximum Gasteiger partial charge on any atom is 0.143 e. The summed E-state index contributed by atoms with van der Waals surface area (Å²) in [7, 11) is 0. The Bertz CT molecular complexity index is 8920. The molecule has 22 aromatic carbocycles. The molecule has 0 aliphatic heterocycles. The third-order valence-electron chi connectivity index (χ3n) is 26.9. The second-order valence-electron chi connectivity index (χ2n) is 34.1. The van der Waals surface area contributed by atoms with Crippen LogP contribution in [-0.4, -0.2) is 9.13 Å². The first-order valence-electron chi connectivity index (χ1n) is 44.6. The second-order valence-corrected chi connectivity index (χ2v) is 34.1. The zero-order chi connectivity index (χ0) is 85.4. The molecule has 4 aromatic heterocycles. The third-order valence-corrected chi connectivity index (χ3v) is 26.9. The van der Waals surface area contributed by atoms with Gasteiger partial charge >= 0.3 is 0 Å². The maximum absolute atomic E-state index is 7.04. The summed E-state index contributed by atoms with van der Waals surface area (Å²) in [5.74, 6) is 0. The Labute approximate surface area is 749 Å². The molecule has 6 heteroatoms. The van der Waals surface area contributed by atoms with E-state index >= 15 is 0 Å². The minimum absolute atomic E-state index is 0.844. The molecule has 0 atom stereocenters. The normalized spacial score (nSPS) is 11.8. The van der Waals surface area contributed by atoms with E-state index in [9.17, 15) is 0 Å². The number of rotatable bonds is 15. The Morgan fingerprint density at radius 2 is 0.523 bits per heavy atom. The minimum Gasteiger partial charge on any atom is -0.455 e. The van der Waals surface area contributed by atoms with E-state index in [0.717, 1.165) is 189 Å². The number of furan rings is 2. The highest BCUT2D eigenvalue weighted by Gasteiger charge is 2.26. The van der Waals surface area contributed by atoms with Crippen molar-refractivity contribution in [3.63, 3.8) is 0 Å². The van der Waals surface area contributed by atoms with Gasteiger partial charge in [0.25, 0.3) is 0 Å². The summed E-state index contributed by atoms with van der Waals surface area (Å²) in [5.41, 5.74) is 32.1. The van der Waals surface area contributed by atoms with Crippen molar-refractivity contribution in [2.24, 2.45) is 0 Å². The SMILES string of the molecule is c1ccc(-c2ccc(-c3ccc(N(c4ccc(-c5cc(-c6ccc7cc(N(c8ccc(-c9ccc(-c%10ccccc%10)cc9-n9c%10ccccc%10c%10ccccc%109)cc8)c8ccc(-c9cccc%10c9oc9ccccc9%10)cc8)c8ccccc8c7c6)cc6c5oc5ccccc56)cc4)c4ccc5c(ccc6ccccc65)c4)cc3)c(-n3c4ccccc4c4ccccc43)c2)cc1. The molecule has 0 unspecified atom stereocenters. The second kappa shape index (κ2) is 30.2. The van der Waals surface area contributed by atoms with E-state index in [0.29, 0.717) is 0 Å². The van der Waals surface area contributed by atoms with Crippen LogP contribution in [0.4, 0.5) is 34.1 Å². The van der Waals surface area contributed by atoms with Crippen LogP contribution >= 0.6 is 0 Å². The molecule has 0 saturated carbocycles. The van der Waals surface area contributed by atoms with E-state index in [1.807, 2.05) is 6.07 Å². The van der Waals surface area contributed by atoms with Gasteiger partial charge in [0.2, 0.25) is 0 Å². The highest BCUT2D eigenvalue weighted by atomic mass is 16.3. The standard InChI is InChI=1S/C124H78N4O2/c1-3-24-79(25-4-1)87-58-69-99(118(76-87)127-114-40-17-11-32-104(114)105-33-12-18-41-115(105)127)82-50-60-92(61-51-82)125(96-68-71-98-89(72-96)48-46-81-28-7-8-29-97(81)98)93-62-56-85(57-63-93)112-74-91(75-113-109-37-16-22-45-122(109)130-124(112)113)86-47-49-90-78-120(103-31-10-9-30-102(103)111(90)73-86)126(95-66-54-84(55-67-95)101-38-23-39-110-108-36-15-21-44-121(108)129-123(101)110)94-64-52-83(53-65-94)100-70-59-88(80-26-5-2-6-27-80)77-119(100)128-116-42-19-13-34-106(116)107-35-14-20-43-117(107)128/h1-78H. The van der Waals surface area contributed by atoms with Gasteiger partial charge < -0.3 is 27.8 Å². The molecule has 0 bridgehead atoms. The van der Waals surface area contributed by atoms with E-state index in [1.165, 1.54) is 65.3 Å². The number of para-hydroxylation sites is 7. The highest BCUT2D eigenvalue weighted by molar-refractivity contribution is 6.19. The highest BCUT2D eigenvalue weighted by Crippen LogP contribution is 2.50. The van der Waals surface area contributed by atoms with E-state index in [4.69, 9.17) is 8.83 Å². The Kier molecular flexibility index (Phi) is 17.2. The number of hydrogen-bond donors (Lipinski definition) is 0. The average molecular weight is 1660 g/mol. The van der Waals surface area contributed by atoms with Crippen molar-refractivity contribution in [3.05, 3.63) is 473 Å². The first-order chi connectivity index (χ1) is 64.4. The molecule has 6 nitrogen and oxygen atoms in total. The van der Waals surface area contributed by atoms with Crippen molar-refractivity contribution < 1.29 is 8.83 Å². The number of hydrogen-bond acceptors (Lipinski definition) is 4. The van der Waals surface area contributed by atoms with Crippen LogP contribution in [-0.2, 0) is 0 Å². The van der Waals surface area contributed by atoms with Crippen LogP contribution in [0.2, 0.25) is 0 Å². The fourth-order valence-electron chi connectivity index (χ4n) is 20.7. The lowest BCUT2D eigenvalue weighted by Gasteiger charge is -2.28. The molecule has 0 amide bonds. The smallest absolute Gasteiger partial charge is 0.143 e. The first kappa shape index (κ1) is 74.1.